The maximum atomic E-state index is 12.1. The van der Waals surface area contributed by atoms with Crippen molar-refractivity contribution >= 4 is 11.9 Å². The third-order valence-corrected chi connectivity index (χ3v) is 3.68. The van der Waals surface area contributed by atoms with Crippen LogP contribution >= 0.6 is 0 Å². The average molecular weight is 312 g/mol. The lowest BCUT2D eigenvalue weighted by Crippen LogP contribution is -2.23. The van der Waals surface area contributed by atoms with Crippen LogP contribution in [0.25, 0.3) is 0 Å². The van der Waals surface area contributed by atoms with Crippen LogP contribution in [0.4, 0.5) is 5.95 Å². The molecule has 0 unspecified atom stereocenters. The molecule has 0 fully saturated rings. The molecule has 0 spiro atoms. The van der Waals surface area contributed by atoms with Crippen molar-refractivity contribution in [1.82, 2.24) is 15.3 Å². The number of rotatable bonds is 8. The van der Waals surface area contributed by atoms with E-state index in [1.807, 2.05) is 31.2 Å². The maximum Gasteiger partial charge on any atom is 0.254 e. The van der Waals surface area contributed by atoms with Crippen molar-refractivity contribution in [2.75, 3.05) is 11.9 Å². The summed E-state index contributed by atoms with van der Waals surface area (Å²) in [4.78, 5) is 20.5. The van der Waals surface area contributed by atoms with Gasteiger partial charge >= 0.3 is 0 Å². The summed E-state index contributed by atoms with van der Waals surface area (Å²) >= 11 is 0. The molecule has 1 heterocycles. The van der Waals surface area contributed by atoms with E-state index < -0.39 is 0 Å². The van der Waals surface area contributed by atoms with Crippen LogP contribution in [0.2, 0.25) is 0 Å². The number of aromatic nitrogens is 2. The summed E-state index contributed by atoms with van der Waals surface area (Å²) in [6.45, 7) is 5.56. The minimum absolute atomic E-state index is 0.161. The number of hydrogen-bond donors (Lipinski definition) is 2. The maximum absolute atomic E-state index is 12.1. The predicted octanol–water partition coefficient (Wildman–Crippen LogP) is 3.32. The van der Waals surface area contributed by atoms with E-state index in [1.54, 1.807) is 12.4 Å². The van der Waals surface area contributed by atoms with Crippen LogP contribution in [0, 0.1) is 6.92 Å². The Labute approximate surface area is 137 Å². The highest BCUT2D eigenvalue weighted by Gasteiger charge is 2.07. The molecule has 23 heavy (non-hydrogen) atoms. The minimum atomic E-state index is -0.161. The van der Waals surface area contributed by atoms with Gasteiger partial charge in [0.1, 0.15) is 0 Å². The van der Waals surface area contributed by atoms with Crippen molar-refractivity contribution in [2.45, 2.75) is 39.7 Å². The first-order chi connectivity index (χ1) is 11.2. The summed E-state index contributed by atoms with van der Waals surface area (Å²) < 4.78 is 0. The molecule has 5 heteroatoms. The van der Waals surface area contributed by atoms with Crippen LogP contribution in [0.1, 0.15) is 47.7 Å². The van der Waals surface area contributed by atoms with Gasteiger partial charge in [-0.2, -0.15) is 0 Å². The molecule has 2 aromatic rings. The lowest BCUT2D eigenvalue weighted by Gasteiger charge is -2.08. The van der Waals surface area contributed by atoms with E-state index in [0.29, 0.717) is 18.1 Å². The molecule has 0 saturated heterocycles. The Morgan fingerprint density at radius 1 is 1.13 bits per heavy atom. The van der Waals surface area contributed by atoms with E-state index in [9.17, 15) is 4.79 Å². The number of carbonyl (C=O) groups is 1. The van der Waals surface area contributed by atoms with E-state index in [-0.39, 0.29) is 5.91 Å². The molecule has 0 atom stereocenters. The number of unbranched alkanes of at least 4 members (excludes halogenated alkanes) is 2. The van der Waals surface area contributed by atoms with E-state index in [0.717, 1.165) is 24.1 Å². The van der Waals surface area contributed by atoms with Gasteiger partial charge in [-0.05, 0) is 24.5 Å². The van der Waals surface area contributed by atoms with E-state index >= 15 is 0 Å². The third-order valence-electron chi connectivity index (χ3n) is 3.68. The first-order valence-corrected chi connectivity index (χ1v) is 8.09. The van der Waals surface area contributed by atoms with Crippen molar-refractivity contribution in [2.24, 2.45) is 0 Å². The highest BCUT2D eigenvalue weighted by atomic mass is 16.1. The van der Waals surface area contributed by atoms with Crippen molar-refractivity contribution in [3.63, 3.8) is 0 Å². The topological polar surface area (TPSA) is 66.9 Å². The quantitative estimate of drug-likeness (QED) is 0.734. The second-order valence-corrected chi connectivity index (χ2v) is 5.54. The van der Waals surface area contributed by atoms with Gasteiger partial charge in [0.05, 0.1) is 5.56 Å². The van der Waals surface area contributed by atoms with Gasteiger partial charge in [-0.3, -0.25) is 4.79 Å². The summed E-state index contributed by atoms with van der Waals surface area (Å²) in [7, 11) is 0. The molecular weight excluding hydrogens is 288 g/mol. The zero-order chi connectivity index (χ0) is 16.5. The number of benzene rings is 1. The second-order valence-electron chi connectivity index (χ2n) is 5.54. The lowest BCUT2D eigenvalue weighted by atomic mass is 10.1. The van der Waals surface area contributed by atoms with Crippen LogP contribution in [-0.2, 0) is 6.54 Å². The lowest BCUT2D eigenvalue weighted by molar-refractivity contribution is 0.0950. The first-order valence-electron chi connectivity index (χ1n) is 8.09. The van der Waals surface area contributed by atoms with Gasteiger partial charge in [0, 0.05) is 25.5 Å². The molecule has 0 aliphatic rings. The number of anilines is 1. The Balaban J connectivity index is 1.84. The predicted molar refractivity (Wildman–Crippen MR) is 92.4 cm³/mol. The van der Waals surface area contributed by atoms with E-state index in [4.69, 9.17) is 0 Å². The normalized spacial score (nSPS) is 10.3. The number of nitrogens with zero attached hydrogens (tertiary/aromatic N) is 2. The molecule has 5 nitrogen and oxygen atoms in total. The van der Waals surface area contributed by atoms with Gasteiger partial charge in [-0.25, -0.2) is 9.97 Å². The Morgan fingerprint density at radius 3 is 2.57 bits per heavy atom. The monoisotopic (exact) mass is 312 g/mol. The van der Waals surface area contributed by atoms with Gasteiger partial charge in [0.2, 0.25) is 5.95 Å². The molecule has 0 saturated carbocycles. The van der Waals surface area contributed by atoms with Crippen molar-refractivity contribution < 1.29 is 4.79 Å². The molecule has 0 bridgehead atoms. The largest absolute Gasteiger partial charge is 0.354 e. The number of nitrogens with one attached hydrogen (secondary N) is 2. The van der Waals surface area contributed by atoms with E-state index in [2.05, 4.69) is 27.5 Å². The Kier molecular flexibility index (Phi) is 6.54. The SMILES string of the molecule is CCCCCNc1ncc(C(=O)NCc2ccccc2C)cn1. The zero-order valence-electron chi connectivity index (χ0n) is 13.8. The molecular formula is C18H24N4O. The Morgan fingerprint density at radius 2 is 1.87 bits per heavy atom. The standard InChI is InChI=1S/C18H24N4O/c1-3-4-7-10-19-18-21-12-16(13-22-18)17(23)20-11-15-9-6-5-8-14(15)2/h5-6,8-9,12-13H,3-4,7,10-11H2,1-2H3,(H,20,23)(H,19,21,22). The Hall–Kier alpha value is -2.43. The molecule has 0 radical (unpaired) electrons. The Bertz CT molecular complexity index is 625. The summed E-state index contributed by atoms with van der Waals surface area (Å²) in [5.41, 5.74) is 2.74. The highest BCUT2D eigenvalue weighted by molar-refractivity contribution is 5.93. The fourth-order valence-electron chi connectivity index (χ4n) is 2.20. The van der Waals surface area contributed by atoms with Crippen LogP contribution in [-0.4, -0.2) is 22.4 Å². The fourth-order valence-corrected chi connectivity index (χ4v) is 2.20. The molecule has 1 aromatic heterocycles. The molecule has 122 valence electrons. The molecule has 2 N–H and O–H groups in total. The molecule has 2 rings (SSSR count). The van der Waals surface area contributed by atoms with Crippen LogP contribution in [0.15, 0.2) is 36.7 Å². The summed E-state index contributed by atoms with van der Waals surface area (Å²) in [6, 6.07) is 8.00. The minimum Gasteiger partial charge on any atom is -0.354 e. The van der Waals surface area contributed by atoms with Crippen molar-refractivity contribution in [3.8, 4) is 0 Å². The van der Waals surface area contributed by atoms with Crippen LogP contribution < -0.4 is 10.6 Å². The average Bonchev–Trinajstić information content (AvgIpc) is 2.58. The first kappa shape index (κ1) is 16.9. The molecule has 1 aromatic carbocycles. The van der Waals surface area contributed by atoms with E-state index in [1.165, 1.54) is 12.8 Å². The van der Waals surface area contributed by atoms with Gasteiger partial charge < -0.3 is 10.6 Å². The number of aryl methyl sites for hydroxylation is 1. The number of hydrogen-bond acceptors (Lipinski definition) is 4. The van der Waals surface area contributed by atoms with Crippen molar-refractivity contribution in [3.05, 3.63) is 53.3 Å². The van der Waals surface area contributed by atoms with Gasteiger partial charge in [-0.1, -0.05) is 44.0 Å². The summed E-state index contributed by atoms with van der Waals surface area (Å²) in [5, 5.41) is 6.05. The molecule has 1 amide bonds. The van der Waals surface area contributed by atoms with Crippen LogP contribution in [0.3, 0.4) is 0 Å². The van der Waals surface area contributed by atoms with Crippen LogP contribution in [0.5, 0.6) is 0 Å². The summed E-state index contributed by atoms with van der Waals surface area (Å²) in [6.07, 6.45) is 6.58. The van der Waals surface area contributed by atoms with Crippen molar-refractivity contribution in [1.29, 1.82) is 0 Å². The van der Waals surface area contributed by atoms with Gasteiger partial charge in [-0.15, -0.1) is 0 Å². The highest BCUT2D eigenvalue weighted by Crippen LogP contribution is 2.07. The number of amides is 1. The third kappa shape index (κ3) is 5.36. The summed E-state index contributed by atoms with van der Waals surface area (Å²) in [5.74, 6) is 0.405. The molecule has 0 aliphatic heterocycles. The van der Waals surface area contributed by atoms with Gasteiger partial charge in [0.25, 0.3) is 5.91 Å². The van der Waals surface area contributed by atoms with Gasteiger partial charge in [0.15, 0.2) is 0 Å². The second kappa shape index (κ2) is 8.88. The fraction of sp³-hybridized carbons (Fsp3) is 0.389. The zero-order valence-corrected chi connectivity index (χ0v) is 13.8. The molecule has 0 aliphatic carbocycles. The number of carbonyl (C=O) groups excluding carboxylic acids is 1. The smallest absolute Gasteiger partial charge is 0.254 e.